The van der Waals surface area contributed by atoms with E-state index in [1.807, 2.05) is 11.8 Å². The van der Waals surface area contributed by atoms with Crippen LogP contribution < -0.4 is 5.32 Å². The highest BCUT2D eigenvalue weighted by molar-refractivity contribution is 5.91. The van der Waals surface area contributed by atoms with Gasteiger partial charge in [-0.2, -0.15) is 0 Å². The number of hydrogen-bond acceptors (Lipinski definition) is 3. The van der Waals surface area contributed by atoms with Gasteiger partial charge in [-0.15, -0.1) is 0 Å². The highest BCUT2D eigenvalue weighted by atomic mass is 16.3. The van der Waals surface area contributed by atoms with Crippen molar-refractivity contribution in [1.29, 1.82) is 0 Å². The second-order valence-corrected chi connectivity index (χ2v) is 4.46. The fourth-order valence-electron chi connectivity index (χ4n) is 2.16. The molecule has 1 aromatic rings. The zero-order valence-electron chi connectivity index (χ0n) is 10.5. The standard InChI is InChI=1S/C13H18N2O3/c1-2-12(16)15-7-5-10(6-8-15)14-13(17)11-4-3-9-18-11/h3-4,9-10H,2,5-8H2,1H3,(H,14,17). The number of carbonyl (C=O) groups excluding carboxylic acids is 2. The van der Waals surface area contributed by atoms with E-state index in [0.717, 1.165) is 25.9 Å². The Bertz CT molecular complexity index is 406. The number of carbonyl (C=O) groups is 2. The van der Waals surface area contributed by atoms with Gasteiger partial charge in [0.1, 0.15) is 0 Å². The number of rotatable bonds is 3. The third kappa shape index (κ3) is 2.91. The second kappa shape index (κ2) is 5.71. The molecule has 0 saturated carbocycles. The third-order valence-corrected chi connectivity index (χ3v) is 3.23. The highest BCUT2D eigenvalue weighted by Crippen LogP contribution is 2.12. The molecule has 98 valence electrons. The molecule has 5 nitrogen and oxygen atoms in total. The van der Waals surface area contributed by atoms with E-state index in [1.54, 1.807) is 12.1 Å². The van der Waals surface area contributed by atoms with E-state index in [1.165, 1.54) is 6.26 Å². The van der Waals surface area contributed by atoms with E-state index >= 15 is 0 Å². The van der Waals surface area contributed by atoms with Crippen molar-refractivity contribution >= 4 is 11.8 Å². The molecule has 18 heavy (non-hydrogen) atoms. The minimum atomic E-state index is -0.180. The topological polar surface area (TPSA) is 62.6 Å². The summed E-state index contributed by atoms with van der Waals surface area (Å²) in [5.41, 5.74) is 0. The van der Waals surface area contributed by atoms with E-state index in [-0.39, 0.29) is 17.9 Å². The summed E-state index contributed by atoms with van der Waals surface area (Å²) in [5, 5.41) is 2.93. The molecule has 1 aromatic heterocycles. The van der Waals surface area contributed by atoms with Crippen molar-refractivity contribution in [3.63, 3.8) is 0 Å². The molecule has 1 aliphatic rings. The van der Waals surface area contributed by atoms with E-state index in [0.29, 0.717) is 12.2 Å². The molecular weight excluding hydrogens is 232 g/mol. The number of piperidine rings is 1. The van der Waals surface area contributed by atoms with Crippen LogP contribution in [-0.4, -0.2) is 35.8 Å². The number of furan rings is 1. The van der Waals surface area contributed by atoms with Gasteiger partial charge in [0, 0.05) is 25.6 Å². The lowest BCUT2D eigenvalue weighted by atomic mass is 10.0. The van der Waals surface area contributed by atoms with Gasteiger partial charge in [0.25, 0.3) is 5.91 Å². The highest BCUT2D eigenvalue weighted by Gasteiger charge is 2.23. The summed E-state index contributed by atoms with van der Waals surface area (Å²) < 4.78 is 5.04. The first-order chi connectivity index (χ1) is 8.70. The predicted molar refractivity (Wildman–Crippen MR) is 66.1 cm³/mol. The Morgan fingerprint density at radius 1 is 1.44 bits per heavy atom. The van der Waals surface area contributed by atoms with Crippen molar-refractivity contribution in [3.8, 4) is 0 Å². The number of nitrogens with one attached hydrogen (secondary N) is 1. The second-order valence-electron chi connectivity index (χ2n) is 4.46. The Hall–Kier alpha value is -1.78. The van der Waals surface area contributed by atoms with Gasteiger partial charge in [0.15, 0.2) is 5.76 Å². The lowest BCUT2D eigenvalue weighted by molar-refractivity contribution is -0.131. The van der Waals surface area contributed by atoms with Gasteiger partial charge >= 0.3 is 0 Å². The summed E-state index contributed by atoms with van der Waals surface area (Å²) >= 11 is 0. The van der Waals surface area contributed by atoms with Gasteiger partial charge in [-0.3, -0.25) is 9.59 Å². The lowest BCUT2D eigenvalue weighted by Gasteiger charge is -2.32. The van der Waals surface area contributed by atoms with Crippen LogP contribution in [0, 0.1) is 0 Å². The average molecular weight is 250 g/mol. The van der Waals surface area contributed by atoms with Gasteiger partial charge < -0.3 is 14.6 Å². The molecule has 0 unspecified atom stereocenters. The molecule has 5 heteroatoms. The molecule has 1 N–H and O–H groups in total. The van der Waals surface area contributed by atoms with Crippen LogP contribution >= 0.6 is 0 Å². The molecule has 0 aliphatic carbocycles. The van der Waals surface area contributed by atoms with E-state index in [4.69, 9.17) is 4.42 Å². The molecule has 0 spiro atoms. The summed E-state index contributed by atoms with van der Waals surface area (Å²) in [6, 6.07) is 3.46. The number of nitrogens with zero attached hydrogens (tertiary/aromatic N) is 1. The van der Waals surface area contributed by atoms with Crippen molar-refractivity contribution in [2.45, 2.75) is 32.2 Å². The van der Waals surface area contributed by atoms with E-state index in [2.05, 4.69) is 5.32 Å². The molecule has 2 rings (SSSR count). The molecule has 0 aromatic carbocycles. The zero-order valence-corrected chi connectivity index (χ0v) is 10.5. The van der Waals surface area contributed by atoms with Gasteiger partial charge in [-0.25, -0.2) is 0 Å². The Labute approximate surface area is 106 Å². The van der Waals surface area contributed by atoms with Crippen LogP contribution in [0.25, 0.3) is 0 Å². The first-order valence-electron chi connectivity index (χ1n) is 6.33. The van der Waals surface area contributed by atoms with Crippen molar-refractivity contribution in [2.24, 2.45) is 0 Å². The SMILES string of the molecule is CCC(=O)N1CCC(NC(=O)c2ccco2)CC1. The number of likely N-dealkylation sites (tertiary alicyclic amines) is 1. The largest absolute Gasteiger partial charge is 0.459 e. The minimum Gasteiger partial charge on any atom is -0.459 e. The van der Waals surface area contributed by atoms with Gasteiger partial charge in [0.05, 0.1) is 6.26 Å². The van der Waals surface area contributed by atoms with Crippen molar-refractivity contribution in [3.05, 3.63) is 24.2 Å². The summed E-state index contributed by atoms with van der Waals surface area (Å²) in [6.45, 7) is 3.30. The molecule has 1 saturated heterocycles. The molecule has 0 bridgehead atoms. The molecule has 0 radical (unpaired) electrons. The van der Waals surface area contributed by atoms with Crippen LogP contribution in [0.4, 0.5) is 0 Å². The van der Waals surface area contributed by atoms with Crippen molar-refractivity contribution in [1.82, 2.24) is 10.2 Å². The Morgan fingerprint density at radius 3 is 2.72 bits per heavy atom. The quantitative estimate of drug-likeness (QED) is 0.882. The summed E-state index contributed by atoms with van der Waals surface area (Å²) in [5.74, 6) is 0.341. The van der Waals surface area contributed by atoms with E-state index < -0.39 is 0 Å². The predicted octanol–water partition coefficient (Wildman–Crippen LogP) is 1.41. The van der Waals surface area contributed by atoms with Crippen molar-refractivity contribution in [2.75, 3.05) is 13.1 Å². The average Bonchev–Trinajstić information content (AvgIpc) is 2.92. The molecule has 2 heterocycles. The molecule has 1 aliphatic heterocycles. The van der Waals surface area contributed by atoms with Crippen LogP contribution in [-0.2, 0) is 4.79 Å². The van der Waals surface area contributed by atoms with Crippen LogP contribution in [0.2, 0.25) is 0 Å². The van der Waals surface area contributed by atoms with Gasteiger partial charge in [0.2, 0.25) is 5.91 Å². The molecule has 1 fully saturated rings. The first-order valence-corrected chi connectivity index (χ1v) is 6.33. The molecular formula is C13H18N2O3. The number of hydrogen-bond donors (Lipinski definition) is 1. The minimum absolute atomic E-state index is 0.128. The smallest absolute Gasteiger partial charge is 0.287 e. The zero-order chi connectivity index (χ0) is 13.0. The summed E-state index contributed by atoms with van der Waals surface area (Å²) in [6.07, 6.45) is 3.64. The van der Waals surface area contributed by atoms with Crippen LogP contribution in [0.3, 0.4) is 0 Å². The van der Waals surface area contributed by atoms with Crippen LogP contribution in [0.5, 0.6) is 0 Å². The van der Waals surface area contributed by atoms with Crippen LogP contribution in [0.15, 0.2) is 22.8 Å². The Morgan fingerprint density at radius 2 is 2.17 bits per heavy atom. The van der Waals surface area contributed by atoms with E-state index in [9.17, 15) is 9.59 Å². The maximum absolute atomic E-state index is 11.8. The Kier molecular flexibility index (Phi) is 4.02. The van der Waals surface area contributed by atoms with Gasteiger partial charge in [-0.1, -0.05) is 6.92 Å². The normalized spacial score (nSPS) is 16.6. The fourth-order valence-corrected chi connectivity index (χ4v) is 2.16. The Balaban J connectivity index is 1.80. The monoisotopic (exact) mass is 250 g/mol. The summed E-state index contributed by atoms with van der Waals surface area (Å²) in [4.78, 5) is 25.1. The number of amides is 2. The molecule has 2 amide bonds. The maximum Gasteiger partial charge on any atom is 0.287 e. The first kappa shape index (κ1) is 12.7. The van der Waals surface area contributed by atoms with Crippen molar-refractivity contribution < 1.29 is 14.0 Å². The third-order valence-electron chi connectivity index (χ3n) is 3.23. The molecule has 0 atom stereocenters. The van der Waals surface area contributed by atoms with Crippen LogP contribution in [0.1, 0.15) is 36.7 Å². The van der Waals surface area contributed by atoms with Gasteiger partial charge in [-0.05, 0) is 25.0 Å². The lowest BCUT2D eigenvalue weighted by Crippen LogP contribution is -2.46. The maximum atomic E-state index is 11.8. The fraction of sp³-hybridized carbons (Fsp3) is 0.538. The summed E-state index contributed by atoms with van der Waals surface area (Å²) in [7, 11) is 0.